The molecule has 176 valence electrons. The molecule has 0 bridgehead atoms. The van der Waals surface area contributed by atoms with E-state index in [1.165, 1.54) is 64.5 Å². The highest BCUT2D eigenvalue weighted by Gasteiger charge is 2.15. The third kappa shape index (κ3) is 15.1. The molecular weight excluding hydrogens is 380 g/mol. The van der Waals surface area contributed by atoms with Gasteiger partial charge in [0.25, 0.3) is 0 Å². The summed E-state index contributed by atoms with van der Waals surface area (Å²) in [7, 11) is 3.51. The molecule has 30 heavy (non-hydrogen) atoms. The first kappa shape index (κ1) is 27.2. The van der Waals surface area contributed by atoms with Gasteiger partial charge in [0.1, 0.15) is 11.6 Å². The molecule has 2 aliphatic heterocycles. The molecular formula is C24H46N2O4. The first-order valence-electron chi connectivity index (χ1n) is 12.1. The van der Waals surface area contributed by atoms with Gasteiger partial charge in [-0.3, -0.25) is 9.59 Å². The highest BCUT2D eigenvalue weighted by molar-refractivity contribution is 5.79. The summed E-state index contributed by atoms with van der Waals surface area (Å²) in [5.41, 5.74) is 0. The van der Waals surface area contributed by atoms with E-state index in [4.69, 9.17) is 9.47 Å². The Morgan fingerprint density at radius 2 is 0.900 bits per heavy atom. The van der Waals surface area contributed by atoms with Gasteiger partial charge in [-0.15, -0.1) is 0 Å². The highest BCUT2D eigenvalue weighted by atomic mass is 16.5. The second-order valence-electron chi connectivity index (χ2n) is 8.57. The predicted octanol–water partition coefficient (Wildman–Crippen LogP) is 3.72. The Balaban J connectivity index is 0.000000300. The van der Waals surface area contributed by atoms with Crippen molar-refractivity contribution < 1.29 is 19.1 Å². The lowest BCUT2D eigenvalue weighted by Crippen LogP contribution is -2.34. The fraction of sp³-hybridized carbons (Fsp3) is 0.917. The third-order valence-electron chi connectivity index (χ3n) is 5.97. The Bertz CT molecular complexity index is 385. The number of Topliss-reactive ketones (excluding diaryl/α,β-unsaturated/α-hetero) is 2. The van der Waals surface area contributed by atoms with Gasteiger partial charge in [-0.1, -0.05) is 25.7 Å². The summed E-state index contributed by atoms with van der Waals surface area (Å²) >= 11 is 0. The molecule has 0 aromatic rings. The van der Waals surface area contributed by atoms with Crippen LogP contribution in [0, 0.1) is 0 Å². The van der Waals surface area contributed by atoms with Crippen LogP contribution in [0.4, 0.5) is 0 Å². The largest absolute Gasteiger partial charge is 0.385 e. The average molecular weight is 427 g/mol. The first-order chi connectivity index (χ1) is 14.7. The van der Waals surface area contributed by atoms with Crippen LogP contribution in [0.2, 0.25) is 0 Å². The molecule has 0 amide bonds. The average Bonchev–Trinajstić information content (AvgIpc) is 2.76. The number of methoxy groups -OCH3 is 2. The van der Waals surface area contributed by atoms with E-state index in [9.17, 15) is 9.59 Å². The lowest BCUT2D eigenvalue weighted by atomic mass is 10.1. The molecule has 2 saturated heterocycles. The Morgan fingerprint density at radius 3 is 1.23 bits per heavy atom. The summed E-state index contributed by atoms with van der Waals surface area (Å²) in [5, 5.41) is 0. The fourth-order valence-electron chi connectivity index (χ4n) is 3.92. The molecule has 0 aromatic heterocycles. The van der Waals surface area contributed by atoms with Crippen molar-refractivity contribution in [3.63, 3.8) is 0 Å². The Labute approximate surface area is 184 Å². The minimum atomic E-state index is 0.436. The first-order valence-corrected chi connectivity index (χ1v) is 12.1. The van der Waals surface area contributed by atoms with Crippen molar-refractivity contribution in [3.8, 4) is 0 Å². The van der Waals surface area contributed by atoms with E-state index in [1.807, 2.05) is 0 Å². The molecule has 6 nitrogen and oxygen atoms in total. The topological polar surface area (TPSA) is 59.1 Å². The van der Waals surface area contributed by atoms with Crippen LogP contribution in [0.15, 0.2) is 0 Å². The van der Waals surface area contributed by atoms with Gasteiger partial charge in [0.15, 0.2) is 0 Å². The van der Waals surface area contributed by atoms with Gasteiger partial charge in [0.2, 0.25) is 0 Å². The number of rotatable bonds is 14. The second kappa shape index (κ2) is 18.9. The van der Waals surface area contributed by atoms with Crippen LogP contribution in [-0.2, 0) is 19.1 Å². The van der Waals surface area contributed by atoms with Crippen molar-refractivity contribution in [2.75, 3.05) is 66.7 Å². The Hall–Kier alpha value is -0.820. The second-order valence-corrected chi connectivity index (χ2v) is 8.57. The number of nitrogens with zero attached hydrogens (tertiary/aromatic N) is 2. The van der Waals surface area contributed by atoms with E-state index in [-0.39, 0.29) is 0 Å². The number of ether oxygens (including phenoxy) is 2. The zero-order chi connectivity index (χ0) is 21.9. The molecule has 2 aliphatic rings. The Morgan fingerprint density at radius 1 is 0.567 bits per heavy atom. The molecule has 2 fully saturated rings. The molecule has 6 heteroatoms. The monoisotopic (exact) mass is 426 g/mol. The maximum Gasteiger partial charge on any atom is 0.135 e. The highest BCUT2D eigenvalue weighted by Crippen LogP contribution is 2.09. The number of carbonyl (C=O) groups is 2. The van der Waals surface area contributed by atoms with Crippen molar-refractivity contribution in [1.82, 2.24) is 9.80 Å². The summed E-state index contributed by atoms with van der Waals surface area (Å²) in [6.07, 6.45) is 13.0. The Kier molecular flexibility index (Phi) is 17.2. The molecule has 0 N–H and O–H groups in total. The standard InChI is InChI=1S/2C12H23NO2/c2*1-15-11-5-3-2-4-8-13-9-6-12(14)7-10-13/h2*2-11H2,1H3. The molecule has 0 aliphatic carbocycles. The lowest BCUT2D eigenvalue weighted by Gasteiger charge is -2.25. The van der Waals surface area contributed by atoms with E-state index in [0.717, 1.165) is 65.1 Å². The van der Waals surface area contributed by atoms with Gasteiger partial charge < -0.3 is 19.3 Å². The van der Waals surface area contributed by atoms with Crippen LogP contribution < -0.4 is 0 Å². The van der Waals surface area contributed by atoms with Gasteiger partial charge in [0, 0.05) is 79.3 Å². The number of unbranched alkanes of at least 4 members (excludes halogenated alkanes) is 6. The normalized spacial score (nSPS) is 18.3. The van der Waals surface area contributed by atoms with Crippen LogP contribution in [0.25, 0.3) is 0 Å². The predicted molar refractivity (Wildman–Crippen MR) is 122 cm³/mol. The smallest absolute Gasteiger partial charge is 0.135 e. The van der Waals surface area contributed by atoms with Crippen molar-refractivity contribution in [1.29, 1.82) is 0 Å². The molecule has 0 radical (unpaired) electrons. The third-order valence-corrected chi connectivity index (χ3v) is 5.97. The zero-order valence-electron chi connectivity index (χ0n) is 19.7. The quantitative estimate of drug-likeness (QED) is 0.395. The van der Waals surface area contributed by atoms with Crippen LogP contribution in [-0.4, -0.2) is 88.1 Å². The summed E-state index contributed by atoms with van der Waals surface area (Å²) in [5.74, 6) is 0.873. The lowest BCUT2D eigenvalue weighted by molar-refractivity contribution is -0.122. The van der Waals surface area contributed by atoms with Gasteiger partial charge in [-0.25, -0.2) is 0 Å². The van der Waals surface area contributed by atoms with Crippen molar-refractivity contribution in [2.24, 2.45) is 0 Å². The molecule has 0 spiro atoms. The maximum atomic E-state index is 11.0. The van der Waals surface area contributed by atoms with Crippen LogP contribution in [0.3, 0.4) is 0 Å². The van der Waals surface area contributed by atoms with E-state index in [1.54, 1.807) is 14.2 Å². The van der Waals surface area contributed by atoms with Gasteiger partial charge in [-0.2, -0.15) is 0 Å². The van der Waals surface area contributed by atoms with E-state index >= 15 is 0 Å². The summed E-state index contributed by atoms with van der Waals surface area (Å²) in [6, 6.07) is 0. The summed E-state index contributed by atoms with van der Waals surface area (Å²) in [4.78, 5) is 26.9. The van der Waals surface area contributed by atoms with Crippen LogP contribution in [0.5, 0.6) is 0 Å². The zero-order valence-corrected chi connectivity index (χ0v) is 19.7. The van der Waals surface area contributed by atoms with Crippen molar-refractivity contribution >= 4 is 11.6 Å². The van der Waals surface area contributed by atoms with Crippen LogP contribution >= 0.6 is 0 Å². The fourth-order valence-corrected chi connectivity index (χ4v) is 3.92. The minimum absolute atomic E-state index is 0.436. The number of hydrogen-bond acceptors (Lipinski definition) is 6. The van der Waals surface area contributed by atoms with Gasteiger partial charge in [0.05, 0.1) is 0 Å². The molecule has 2 rings (SSSR count). The summed E-state index contributed by atoms with van der Waals surface area (Å²) < 4.78 is 10.0. The number of hydrogen-bond donors (Lipinski definition) is 0. The number of ketones is 2. The number of carbonyl (C=O) groups excluding carboxylic acids is 2. The maximum absolute atomic E-state index is 11.0. The van der Waals surface area contributed by atoms with Gasteiger partial charge in [-0.05, 0) is 38.8 Å². The van der Waals surface area contributed by atoms with Gasteiger partial charge >= 0.3 is 0 Å². The molecule has 0 saturated carbocycles. The van der Waals surface area contributed by atoms with E-state index in [0.29, 0.717) is 11.6 Å². The SMILES string of the molecule is COCCCCCCN1CCC(=O)CC1.COCCCCCCN1CCC(=O)CC1. The number of likely N-dealkylation sites (tertiary alicyclic amines) is 2. The molecule has 0 atom stereocenters. The van der Waals surface area contributed by atoms with E-state index < -0.39 is 0 Å². The number of piperidine rings is 2. The van der Waals surface area contributed by atoms with Crippen molar-refractivity contribution in [3.05, 3.63) is 0 Å². The molecule has 2 heterocycles. The van der Waals surface area contributed by atoms with E-state index in [2.05, 4.69) is 9.80 Å². The van der Waals surface area contributed by atoms with Crippen molar-refractivity contribution in [2.45, 2.75) is 77.0 Å². The molecule has 0 aromatic carbocycles. The summed E-state index contributed by atoms with van der Waals surface area (Å²) in [6.45, 7) is 8.04. The minimum Gasteiger partial charge on any atom is -0.385 e. The van der Waals surface area contributed by atoms with Crippen LogP contribution in [0.1, 0.15) is 77.0 Å². The molecule has 0 unspecified atom stereocenters.